The molecule has 0 atom stereocenters. The van der Waals surface area contributed by atoms with Crippen molar-refractivity contribution in [1.29, 1.82) is 0 Å². The summed E-state index contributed by atoms with van der Waals surface area (Å²) >= 11 is 0. The van der Waals surface area contributed by atoms with E-state index in [0.717, 1.165) is 0 Å². The van der Waals surface area contributed by atoms with Crippen LogP contribution in [-0.4, -0.2) is 52.5 Å². The molecule has 0 aromatic heterocycles. The van der Waals surface area contributed by atoms with Gasteiger partial charge >= 0.3 is 0 Å². The Labute approximate surface area is 123 Å². The summed E-state index contributed by atoms with van der Waals surface area (Å²) in [4.78, 5) is 11.4. The molecule has 0 fully saturated rings. The maximum atomic E-state index is 13.6. The number of carbonyl (C=O) groups is 1. The fraction of sp³-hybridized carbons (Fsp3) is 0.533. The number of halogens is 1. The molecule has 0 spiro atoms. The van der Waals surface area contributed by atoms with Gasteiger partial charge in [-0.15, -0.1) is 0 Å². The van der Waals surface area contributed by atoms with Crippen LogP contribution in [-0.2, 0) is 14.2 Å². The van der Waals surface area contributed by atoms with Gasteiger partial charge in [0, 0.05) is 7.11 Å². The molecule has 1 rings (SSSR count). The highest BCUT2D eigenvalue weighted by Gasteiger charge is 2.12. The van der Waals surface area contributed by atoms with Crippen LogP contribution in [0.5, 0.6) is 5.75 Å². The molecule has 6 heteroatoms. The summed E-state index contributed by atoms with van der Waals surface area (Å²) in [7, 11) is 1.61. The van der Waals surface area contributed by atoms with Crippen LogP contribution in [0.2, 0.25) is 0 Å². The van der Waals surface area contributed by atoms with E-state index in [-0.39, 0.29) is 23.7 Å². The smallest absolute Gasteiger partial charge is 0.165 e. The van der Waals surface area contributed by atoms with Crippen molar-refractivity contribution in [2.75, 3.05) is 46.8 Å². The maximum absolute atomic E-state index is 13.6. The first kappa shape index (κ1) is 17.6. The zero-order valence-electron chi connectivity index (χ0n) is 12.4. The molecule has 0 amide bonds. The molecule has 0 N–H and O–H groups in total. The van der Waals surface area contributed by atoms with E-state index in [1.807, 2.05) is 0 Å². The molecule has 0 saturated heterocycles. The molecule has 0 aliphatic rings. The van der Waals surface area contributed by atoms with Crippen molar-refractivity contribution in [3.05, 3.63) is 29.6 Å². The van der Waals surface area contributed by atoms with Gasteiger partial charge in [-0.05, 0) is 19.1 Å². The van der Waals surface area contributed by atoms with Crippen molar-refractivity contribution in [3.63, 3.8) is 0 Å². The highest BCUT2D eigenvalue weighted by atomic mass is 19.1. The highest BCUT2D eigenvalue weighted by Crippen LogP contribution is 2.22. The first-order valence-electron chi connectivity index (χ1n) is 6.73. The quantitative estimate of drug-likeness (QED) is 0.463. The summed E-state index contributed by atoms with van der Waals surface area (Å²) in [6.45, 7) is 3.78. The van der Waals surface area contributed by atoms with E-state index in [1.54, 1.807) is 7.11 Å². The Hall–Kier alpha value is -1.50. The molecule has 0 unspecified atom stereocenters. The minimum Gasteiger partial charge on any atom is -0.487 e. The minimum atomic E-state index is -0.550. The summed E-state index contributed by atoms with van der Waals surface area (Å²) in [5.74, 6) is -0.812. The second kappa shape index (κ2) is 10.3. The summed E-state index contributed by atoms with van der Waals surface area (Å²) < 4.78 is 34.2. The minimum absolute atomic E-state index is 0.0232. The van der Waals surface area contributed by atoms with E-state index >= 15 is 0 Å². The molecular formula is C15H21FO5. The lowest BCUT2D eigenvalue weighted by atomic mass is 10.1. The van der Waals surface area contributed by atoms with E-state index in [4.69, 9.17) is 18.9 Å². The molecule has 0 heterocycles. The molecule has 118 valence electrons. The van der Waals surface area contributed by atoms with Gasteiger partial charge in [0.25, 0.3) is 0 Å². The molecule has 21 heavy (non-hydrogen) atoms. The number of hydrogen-bond donors (Lipinski definition) is 0. The van der Waals surface area contributed by atoms with Crippen LogP contribution in [0.3, 0.4) is 0 Å². The van der Waals surface area contributed by atoms with Gasteiger partial charge in [0.1, 0.15) is 6.61 Å². The normalized spacial score (nSPS) is 10.6. The van der Waals surface area contributed by atoms with Crippen LogP contribution < -0.4 is 4.74 Å². The van der Waals surface area contributed by atoms with E-state index < -0.39 is 5.82 Å². The Kier molecular flexibility index (Phi) is 8.57. The third kappa shape index (κ3) is 6.66. The van der Waals surface area contributed by atoms with Gasteiger partial charge in [0.15, 0.2) is 17.3 Å². The van der Waals surface area contributed by atoms with Crippen molar-refractivity contribution in [3.8, 4) is 5.75 Å². The Morgan fingerprint density at radius 2 is 1.67 bits per heavy atom. The molecule has 0 radical (unpaired) electrons. The first-order valence-corrected chi connectivity index (χ1v) is 6.73. The van der Waals surface area contributed by atoms with Crippen molar-refractivity contribution >= 4 is 5.78 Å². The van der Waals surface area contributed by atoms with Crippen molar-refractivity contribution in [2.24, 2.45) is 0 Å². The fourth-order valence-electron chi connectivity index (χ4n) is 1.60. The van der Waals surface area contributed by atoms with Crippen molar-refractivity contribution < 1.29 is 28.1 Å². The number of ketones is 1. The largest absolute Gasteiger partial charge is 0.487 e. The third-order valence-corrected chi connectivity index (χ3v) is 2.62. The average molecular weight is 300 g/mol. The Morgan fingerprint density at radius 1 is 1.05 bits per heavy atom. The number of para-hydroxylation sites is 1. The number of Topliss-reactive ketones (excluding diaryl/α,β-unsaturated/α-hetero) is 1. The lowest BCUT2D eigenvalue weighted by Gasteiger charge is -2.11. The molecular weight excluding hydrogens is 279 g/mol. The number of benzene rings is 1. The van der Waals surface area contributed by atoms with E-state index in [1.165, 1.54) is 25.1 Å². The van der Waals surface area contributed by atoms with Crippen LogP contribution in [0.1, 0.15) is 17.3 Å². The SMILES string of the molecule is COCCOCCOCCOc1c(F)cccc1C(C)=O. The zero-order chi connectivity index (χ0) is 15.5. The van der Waals surface area contributed by atoms with E-state index in [9.17, 15) is 9.18 Å². The van der Waals surface area contributed by atoms with Crippen LogP contribution in [0, 0.1) is 5.82 Å². The Bertz CT molecular complexity index is 436. The number of rotatable bonds is 11. The van der Waals surface area contributed by atoms with Crippen LogP contribution in [0.15, 0.2) is 18.2 Å². The maximum Gasteiger partial charge on any atom is 0.165 e. The molecule has 5 nitrogen and oxygen atoms in total. The van der Waals surface area contributed by atoms with Crippen LogP contribution in [0.4, 0.5) is 4.39 Å². The van der Waals surface area contributed by atoms with E-state index in [2.05, 4.69) is 0 Å². The van der Waals surface area contributed by atoms with Gasteiger partial charge in [-0.25, -0.2) is 4.39 Å². The molecule has 0 bridgehead atoms. The number of methoxy groups -OCH3 is 1. The van der Waals surface area contributed by atoms with Gasteiger partial charge in [-0.2, -0.15) is 0 Å². The highest BCUT2D eigenvalue weighted by molar-refractivity contribution is 5.96. The second-order valence-electron chi connectivity index (χ2n) is 4.24. The van der Waals surface area contributed by atoms with Gasteiger partial charge in [0.2, 0.25) is 0 Å². The lowest BCUT2D eigenvalue weighted by molar-refractivity contribution is 0.0176. The molecule has 1 aromatic rings. The van der Waals surface area contributed by atoms with Crippen molar-refractivity contribution in [1.82, 2.24) is 0 Å². The Morgan fingerprint density at radius 3 is 2.29 bits per heavy atom. The van der Waals surface area contributed by atoms with Gasteiger partial charge in [-0.1, -0.05) is 6.07 Å². The van der Waals surface area contributed by atoms with Gasteiger partial charge in [0.05, 0.1) is 38.6 Å². The third-order valence-electron chi connectivity index (χ3n) is 2.62. The molecule has 1 aromatic carbocycles. The van der Waals surface area contributed by atoms with Gasteiger partial charge < -0.3 is 18.9 Å². The number of ether oxygens (including phenoxy) is 4. The molecule has 0 aliphatic carbocycles. The lowest BCUT2D eigenvalue weighted by Crippen LogP contribution is -2.13. The summed E-state index contributed by atoms with van der Waals surface area (Å²) in [5.41, 5.74) is 0.234. The fourth-order valence-corrected chi connectivity index (χ4v) is 1.60. The second-order valence-corrected chi connectivity index (χ2v) is 4.24. The van der Waals surface area contributed by atoms with Gasteiger partial charge in [-0.3, -0.25) is 4.79 Å². The molecule has 0 saturated carbocycles. The predicted octanol–water partition coefficient (Wildman–Crippen LogP) is 2.09. The summed E-state index contributed by atoms with van der Waals surface area (Å²) in [5, 5.41) is 0. The predicted molar refractivity (Wildman–Crippen MR) is 75.4 cm³/mol. The summed E-state index contributed by atoms with van der Waals surface area (Å²) in [6, 6.07) is 4.27. The molecule has 0 aliphatic heterocycles. The van der Waals surface area contributed by atoms with Crippen LogP contribution in [0.25, 0.3) is 0 Å². The number of hydrogen-bond acceptors (Lipinski definition) is 5. The van der Waals surface area contributed by atoms with E-state index in [0.29, 0.717) is 33.0 Å². The topological polar surface area (TPSA) is 54.0 Å². The van der Waals surface area contributed by atoms with Crippen molar-refractivity contribution in [2.45, 2.75) is 6.92 Å². The first-order chi connectivity index (χ1) is 10.2. The summed E-state index contributed by atoms with van der Waals surface area (Å²) in [6.07, 6.45) is 0. The standard InChI is InChI=1S/C15H21FO5/c1-12(17)13-4-3-5-14(16)15(13)21-11-10-20-9-8-19-7-6-18-2/h3-5H,6-11H2,1-2H3. The average Bonchev–Trinajstić information content (AvgIpc) is 2.46. The zero-order valence-corrected chi connectivity index (χ0v) is 12.4. The monoisotopic (exact) mass is 300 g/mol. The number of carbonyl (C=O) groups excluding carboxylic acids is 1. The van der Waals surface area contributed by atoms with Crippen LogP contribution >= 0.6 is 0 Å². The Balaban J connectivity index is 2.23.